The van der Waals surface area contributed by atoms with Crippen LogP contribution in [0.1, 0.15) is 38.8 Å². The van der Waals surface area contributed by atoms with Gasteiger partial charge in [0.25, 0.3) is 0 Å². The molecule has 0 heterocycles. The van der Waals surface area contributed by atoms with Crippen molar-refractivity contribution in [2.75, 3.05) is 6.54 Å². The fraction of sp³-hybridized carbons (Fsp3) is 0.562. The molecule has 1 aromatic rings. The number of nitrogens with zero attached hydrogens (tertiary/aromatic N) is 1. The fourth-order valence-corrected chi connectivity index (χ4v) is 1.72. The molecule has 0 aromatic heterocycles. The first kappa shape index (κ1) is 17.4. The number of hydrogen-bond acceptors (Lipinski definition) is 2. The lowest BCUT2D eigenvalue weighted by atomic mass is 10.1. The van der Waals surface area contributed by atoms with E-state index in [0.29, 0.717) is 24.1 Å². The number of hydrogen-bond donors (Lipinski definition) is 3. The highest BCUT2D eigenvalue weighted by Gasteiger charge is 2.09. The van der Waals surface area contributed by atoms with Crippen molar-refractivity contribution < 1.29 is 9.50 Å². The lowest BCUT2D eigenvalue weighted by Gasteiger charge is -2.20. The lowest BCUT2D eigenvalue weighted by molar-refractivity contribution is 0.275. The van der Waals surface area contributed by atoms with E-state index in [0.717, 1.165) is 18.1 Å². The zero-order valence-corrected chi connectivity index (χ0v) is 13.3. The maximum absolute atomic E-state index is 13.3. The molecule has 1 unspecified atom stereocenters. The van der Waals surface area contributed by atoms with Crippen molar-refractivity contribution in [1.29, 1.82) is 0 Å². The van der Waals surface area contributed by atoms with E-state index in [1.165, 1.54) is 6.07 Å². The van der Waals surface area contributed by atoms with Crippen molar-refractivity contribution in [3.8, 4) is 0 Å². The van der Waals surface area contributed by atoms with Gasteiger partial charge < -0.3 is 15.7 Å². The number of nitrogens with one attached hydrogen (secondary N) is 2. The quantitative estimate of drug-likeness (QED) is 0.558. The summed E-state index contributed by atoms with van der Waals surface area (Å²) < 4.78 is 13.3. The predicted molar refractivity (Wildman–Crippen MR) is 84.6 cm³/mol. The summed E-state index contributed by atoms with van der Waals surface area (Å²) in [7, 11) is 0. The lowest BCUT2D eigenvalue weighted by Crippen LogP contribution is -2.44. The molecule has 0 amide bonds. The smallest absolute Gasteiger partial charge is 0.191 e. The maximum Gasteiger partial charge on any atom is 0.191 e. The largest absolute Gasteiger partial charge is 0.392 e. The van der Waals surface area contributed by atoms with Gasteiger partial charge in [0.1, 0.15) is 5.82 Å². The predicted octanol–water partition coefficient (Wildman–Crippen LogP) is 2.42. The van der Waals surface area contributed by atoms with E-state index in [9.17, 15) is 4.39 Å². The molecular weight excluding hydrogens is 269 g/mol. The van der Waals surface area contributed by atoms with E-state index in [1.54, 1.807) is 12.1 Å². The van der Waals surface area contributed by atoms with Crippen LogP contribution in [-0.4, -0.2) is 23.7 Å². The summed E-state index contributed by atoms with van der Waals surface area (Å²) in [5.41, 5.74) is 1.17. The number of rotatable bonds is 6. The Bertz CT molecular complexity index is 475. The molecule has 1 atom stereocenters. The van der Waals surface area contributed by atoms with E-state index in [1.807, 2.05) is 6.92 Å². The van der Waals surface area contributed by atoms with Gasteiger partial charge >= 0.3 is 0 Å². The van der Waals surface area contributed by atoms with Gasteiger partial charge in [0.05, 0.1) is 13.2 Å². The van der Waals surface area contributed by atoms with Gasteiger partial charge in [0, 0.05) is 18.2 Å². The first-order valence-corrected chi connectivity index (χ1v) is 7.40. The van der Waals surface area contributed by atoms with Gasteiger partial charge in [-0.3, -0.25) is 0 Å². The molecule has 0 aliphatic heterocycles. The maximum atomic E-state index is 13.3. The van der Waals surface area contributed by atoms with Crippen molar-refractivity contribution >= 4 is 5.96 Å². The second-order valence-electron chi connectivity index (χ2n) is 5.46. The van der Waals surface area contributed by atoms with E-state index in [2.05, 4.69) is 36.4 Å². The van der Waals surface area contributed by atoms with E-state index in [4.69, 9.17) is 5.11 Å². The third-order valence-corrected chi connectivity index (χ3v) is 3.41. The van der Waals surface area contributed by atoms with Crippen LogP contribution in [0.2, 0.25) is 0 Å². The van der Waals surface area contributed by atoms with Gasteiger partial charge in [-0.2, -0.15) is 0 Å². The Morgan fingerprint density at radius 2 is 2.05 bits per heavy atom. The summed E-state index contributed by atoms with van der Waals surface area (Å²) >= 11 is 0. The first-order valence-electron chi connectivity index (χ1n) is 7.40. The highest BCUT2D eigenvalue weighted by molar-refractivity contribution is 5.80. The molecule has 0 saturated heterocycles. The molecule has 0 radical (unpaired) electrons. The standard InChI is InChI=1S/C16H26FN3O/c1-5-18-16(20-12(4)11(2)3)19-9-13-6-7-15(17)14(8-13)10-21/h6-8,11-12,21H,5,9-10H2,1-4H3,(H2,18,19,20). The average molecular weight is 295 g/mol. The summed E-state index contributed by atoms with van der Waals surface area (Å²) in [4.78, 5) is 4.50. The number of guanidine groups is 1. The van der Waals surface area contributed by atoms with Crippen molar-refractivity contribution in [3.05, 3.63) is 35.1 Å². The van der Waals surface area contributed by atoms with Crippen molar-refractivity contribution in [2.45, 2.75) is 46.9 Å². The van der Waals surface area contributed by atoms with Gasteiger partial charge in [0.2, 0.25) is 0 Å². The van der Waals surface area contributed by atoms with E-state index in [-0.39, 0.29) is 12.4 Å². The zero-order valence-electron chi connectivity index (χ0n) is 13.3. The number of aliphatic hydroxyl groups is 1. The molecule has 1 rings (SSSR count). The molecule has 5 heteroatoms. The summed E-state index contributed by atoms with van der Waals surface area (Å²) in [6.45, 7) is 9.34. The van der Waals surface area contributed by atoms with Crippen LogP contribution in [0.3, 0.4) is 0 Å². The first-order chi connectivity index (χ1) is 9.97. The number of halogens is 1. The monoisotopic (exact) mass is 295 g/mol. The van der Waals surface area contributed by atoms with Crippen LogP contribution in [-0.2, 0) is 13.2 Å². The fourth-order valence-electron chi connectivity index (χ4n) is 1.72. The Kier molecular flexibility index (Phi) is 7.15. The SMILES string of the molecule is CCNC(=NCc1ccc(F)c(CO)c1)NC(C)C(C)C. The molecule has 4 nitrogen and oxygen atoms in total. The number of aliphatic imine (C=N–C) groups is 1. The Morgan fingerprint density at radius 3 is 2.62 bits per heavy atom. The molecule has 0 fully saturated rings. The van der Waals surface area contributed by atoms with Crippen molar-refractivity contribution in [3.63, 3.8) is 0 Å². The third kappa shape index (κ3) is 5.71. The van der Waals surface area contributed by atoms with E-state index < -0.39 is 0 Å². The van der Waals surface area contributed by atoms with Crippen LogP contribution < -0.4 is 10.6 Å². The van der Waals surface area contributed by atoms with Gasteiger partial charge in [0.15, 0.2) is 5.96 Å². The van der Waals surface area contributed by atoms with Crippen LogP contribution in [0.25, 0.3) is 0 Å². The Morgan fingerprint density at radius 1 is 1.33 bits per heavy atom. The van der Waals surface area contributed by atoms with Crippen LogP contribution in [0.15, 0.2) is 23.2 Å². The number of benzene rings is 1. The molecule has 0 aliphatic rings. The summed E-state index contributed by atoms with van der Waals surface area (Å²) in [6, 6.07) is 5.01. The molecule has 1 aromatic carbocycles. The highest BCUT2D eigenvalue weighted by Crippen LogP contribution is 2.11. The van der Waals surface area contributed by atoms with Crippen molar-refractivity contribution in [2.24, 2.45) is 10.9 Å². The minimum atomic E-state index is -0.385. The molecule has 3 N–H and O–H groups in total. The molecule has 21 heavy (non-hydrogen) atoms. The molecular formula is C16H26FN3O. The second-order valence-corrected chi connectivity index (χ2v) is 5.46. The van der Waals surface area contributed by atoms with E-state index >= 15 is 0 Å². The van der Waals surface area contributed by atoms with Gasteiger partial charge in [-0.25, -0.2) is 9.38 Å². The Labute approximate surface area is 126 Å². The Balaban J connectivity index is 2.77. The highest BCUT2D eigenvalue weighted by atomic mass is 19.1. The third-order valence-electron chi connectivity index (χ3n) is 3.41. The molecule has 0 bridgehead atoms. The molecule has 118 valence electrons. The zero-order chi connectivity index (χ0) is 15.8. The van der Waals surface area contributed by atoms with Crippen LogP contribution in [0.4, 0.5) is 4.39 Å². The van der Waals surface area contributed by atoms with Gasteiger partial charge in [-0.15, -0.1) is 0 Å². The summed E-state index contributed by atoms with van der Waals surface area (Å²) in [5.74, 6) is 0.859. The normalized spacial score (nSPS) is 13.4. The number of aliphatic hydroxyl groups excluding tert-OH is 1. The minimum absolute atomic E-state index is 0.300. The molecule has 0 saturated carbocycles. The van der Waals surface area contributed by atoms with Crippen LogP contribution in [0, 0.1) is 11.7 Å². The average Bonchev–Trinajstić information content (AvgIpc) is 2.46. The molecule has 0 spiro atoms. The second kappa shape index (κ2) is 8.62. The van der Waals surface area contributed by atoms with Crippen molar-refractivity contribution in [1.82, 2.24) is 10.6 Å². The van der Waals surface area contributed by atoms with Crippen LogP contribution >= 0.6 is 0 Å². The summed E-state index contributed by atoms with van der Waals surface area (Å²) in [6.07, 6.45) is 0. The van der Waals surface area contributed by atoms with Gasteiger partial charge in [-0.1, -0.05) is 19.9 Å². The van der Waals surface area contributed by atoms with Crippen LogP contribution in [0.5, 0.6) is 0 Å². The molecule has 0 aliphatic carbocycles. The Hall–Kier alpha value is -1.62. The summed E-state index contributed by atoms with van der Waals surface area (Å²) in [5, 5.41) is 15.6. The topological polar surface area (TPSA) is 56.7 Å². The minimum Gasteiger partial charge on any atom is -0.392 e. The van der Waals surface area contributed by atoms with Gasteiger partial charge in [-0.05, 0) is 37.5 Å².